The molecule has 1 rings (SSSR count). The smallest absolute Gasteiger partial charge is 0.329 e. The first kappa shape index (κ1) is 14.0. The summed E-state index contributed by atoms with van der Waals surface area (Å²) >= 11 is 0. The molecule has 0 unspecified atom stereocenters. The Morgan fingerprint density at radius 1 is 1.18 bits per heavy atom. The van der Waals surface area contributed by atoms with Crippen molar-refractivity contribution < 1.29 is 14.7 Å². The third kappa shape index (κ3) is 4.02. The van der Waals surface area contributed by atoms with Gasteiger partial charge in [0.1, 0.15) is 5.54 Å². The number of hydrogen-bond donors (Lipinski definition) is 2. The van der Waals surface area contributed by atoms with Crippen molar-refractivity contribution in [1.82, 2.24) is 5.32 Å². The summed E-state index contributed by atoms with van der Waals surface area (Å²) in [5.41, 5.74) is -0.944. The number of carbonyl (C=O) groups is 2. The molecule has 0 spiro atoms. The fourth-order valence-electron chi connectivity index (χ4n) is 2.14. The van der Waals surface area contributed by atoms with Crippen molar-refractivity contribution in [2.45, 2.75) is 70.3 Å². The van der Waals surface area contributed by atoms with Gasteiger partial charge in [-0.15, -0.1) is 0 Å². The van der Waals surface area contributed by atoms with Gasteiger partial charge in [-0.05, 0) is 25.7 Å². The van der Waals surface area contributed by atoms with Gasteiger partial charge in [0.25, 0.3) is 0 Å². The molecule has 4 nitrogen and oxygen atoms in total. The van der Waals surface area contributed by atoms with Crippen LogP contribution in [0.1, 0.15) is 64.7 Å². The maximum absolute atomic E-state index is 11.6. The van der Waals surface area contributed by atoms with Crippen molar-refractivity contribution in [2.24, 2.45) is 0 Å². The van der Waals surface area contributed by atoms with E-state index in [0.717, 1.165) is 25.7 Å². The van der Waals surface area contributed by atoms with Crippen LogP contribution in [0.15, 0.2) is 0 Å². The van der Waals surface area contributed by atoms with Gasteiger partial charge < -0.3 is 10.4 Å². The van der Waals surface area contributed by atoms with E-state index in [9.17, 15) is 9.59 Å². The van der Waals surface area contributed by atoms with Gasteiger partial charge in [0, 0.05) is 6.42 Å². The van der Waals surface area contributed by atoms with Gasteiger partial charge in [-0.25, -0.2) is 4.79 Å². The van der Waals surface area contributed by atoms with Crippen LogP contribution < -0.4 is 5.32 Å². The Hall–Kier alpha value is -1.06. The lowest BCUT2D eigenvalue weighted by molar-refractivity contribution is -0.151. The summed E-state index contributed by atoms with van der Waals surface area (Å²) in [7, 11) is 0. The Bertz CT molecular complexity index is 272. The number of unbranched alkanes of at least 4 members (excludes halogenated alkanes) is 4. The predicted molar refractivity (Wildman–Crippen MR) is 65.7 cm³/mol. The van der Waals surface area contributed by atoms with Crippen molar-refractivity contribution in [3.05, 3.63) is 0 Å². The van der Waals surface area contributed by atoms with Crippen LogP contribution in [-0.4, -0.2) is 22.5 Å². The number of amides is 1. The van der Waals surface area contributed by atoms with Crippen LogP contribution in [0.25, 0.3) is 0 Å². The highest BCUT2D eigenvalue weighted by atomic mass is 16.4. The van der Waals surface area contributed by atoms with Crippen LogP contribution in [0.3, 0.4) is 0 Å². The normalized spacial score (nSPS) is 17.2. The lowest BCUT2D eigenvalue weighted by atomic mass is 9.76. The summed E-state index contributed by atoms with van der Waals surface area (Å²) in [5, 5.41) is 11.7. The minimum absolute atomic E-state index is 0.108. The third-order valence-electron chi connectivity index (χ3n) is 3.50. The van der Waals surface area contributed by atoms with E-state index in [1.807, 2.05) is 0 Å². The Labute approximate surface area is 103 Å². The highest BCUT2D eigenvalue weighted by Gasteiger charge is 2.45. The molecular formula is C13H23NO3. The molecule has 1 saturated carbocycles. The molecule has 0 heterocycles. The van der Waals surface area contributed by atoms with E-state index in [1.54, 1.807) is 0 Å². The Balaban J connectivity index is 2.18. The highest BCUT2D eigenvalue weighted by molar-refractivity contribution is 5.87. The summed E-state index contributed by atoms with van der Waals surface area (Å²) < 4.78 is 0. The van der Waals surface area contributed by atoms with Crippen molar-refractivity contribution in [3.8, 4) is 0 Å². The zero-order chi connectivity index (χ0) is 12.7. The van der Waals surface area contributed by atoms with E-state index in [-0.39, 0.29) is 5.91 Å². The lowest BCUT2D eigenvalue weighted by Crippen LogP contribution is -2.59. The second kappa shape index (κ2) is 6.62. The number of carboxylic acid groups (broad SMARTS) is 1. The first-order valence-corrected chi connectivity index (χ1v) is 6.65. The first-order chi connectivity index (χ1) is 8.10. The van der Waals surface area contributed by atoms with E-state index >= 15 is 0 Å². The number of carbonyl (C=O) groups excluding carboxylic acids is 1. The predicted octanol–water partition coefficient (Wildman–Crippen LogP) is 2.47. The maximum Gasteiger partial charge on any atom is 0.329 e. The Kier molecular flexibility index (Phi) is 5.45. The maximum atomic E-state index is 11.6. The molecule has 0 aromatic rings. The third-order valence-corrected chi connectivity index (χ3v) is 3.50. The van der Waals surface area contributed by atoms with Gasteiger partial charge in [-0.3, -0.25) is 4.79 Å². The van der Waals surface area contributed by atoms with Crippen LogP contribution in [0.4, 0.5) is 0 Å². The van der Waals surface area contributed by atoms with Crippen LogP contribution in [0.5, 0.6) is 0 Å². The fourth-order valence-corrected chi connectivity index (χ4v) is 2.14. The number of nitrogens with one attached hydrogen (secondary N) is 1. The summed E-state index contributed by atoms with van der Waals surface area (Å²) in [6.07, 6.45) is 7.97. The molecule has 0 aromatic carbocycles. The van der Waals surface area contributed by atoms with Gasteiger partial charge in [0.15, 0.2) is 0 Å². The number of rotatable bonds is 8. The summed E-state index contributed by atoms with van der Waals surface area (Å²) in [6, 6.07) is 0. The molecule has 98 valence electrons. The van der Waals surface area contributed by atoms with Crippen molar-refractivity contribution in [2.75, 3.05) is 0 Å². The van der Waals surface area contributed by atoms with Gasteiger partial charge in [0.05, 0.1) is 0 Å². The summed E-state index contributed by atoms with van der Waals surface area (Å²) in [6.45, 7) is 2.15. The van der Waals surface area contributed by atoms with E-state index in [4.69, 9.17) is 5.11 Å². The Morgan fingerprint density at radius 3 is 2.29 bits per heavy atom. The minimum atomic E-state index is -0.944. The molecule has 0 saturated heterocycles. The molecule has 17 heavy (non-hydrogen) atoms. The summed E-state index contributed by atoms with van der Waals surface area (Å²) in [4.78, 5) is 22.7. The zero-order valence-corrected chi connectivity index (χ0v) is 10.6. The first-order valence-electron chi connectivity index (χ1n) is 6.65. The van der Waals surface area contributed by atoms with Gasteiger partial charge in [-0.2, -0.15) is 0 Å². The van der Waals surface area contributed by atoms with Crippen LogP contribution in [0.2, 0.25) is 0 Å². The van der Waals surface area contributed by atoms with Gasteiger partial charge >= 0.3 is 5.97 Å². The molecule has 0 atom stereocenters. The Morgan fingerprint density at radius 2 is 1.82 bits per heavy atom. The standard InChI is InChI=1S/C13H23NO3/c1-2-3-4-5-6-8-11(15)14-13(12(16)17)9-7-10-13/h2-10H2,1H3,(H,14,15)(H,16,17). The van der Waals surface area contributed by atoms with Crippen LogP contribution in [0, 0.1) is 0 Å². The molecule has 0 aromatic heterocycles. The van der Waals surface area contributed by atoms with E-state index in [0.29, 0.717) is 19.3 Å². The second-order valence-corrected chi connectivity index (χ2v) is 4.95. The topological polar surface area (TPSA) is 66.4 Å². The van der Waals surface area contributed by atoms with E-state index in [2.05, 4.69) is 12.2 Å². The van der Waals surface area contributed by atoms with Gasteiger partial charge in [-0.1, -0.05) is 32.6 Å². The number of hydrogen-bond acceptors (Lipinski definition) is 2. The molecule has 0 radical (unpaired) electrons. The molecule has 1 aliphatic rings. The SMILES string of the molecule is CCCCCCCC(=O)NC1(C(=O)O)CCC1. The van der Waals surface area contributed by atoms with Gasteiger partial charge in [0.2, 0.25) is 5.91 Å². The van der Waals surface area contributed by atoms with E-state index < -0.39 is 11.5 Å². The van der Waals surface area contributed by atoms with Crippen molar-refractivity contribution in [3.63, 3.8) is 0 Å². The number of aliphatic carboxylic acids is 1. The zero-order valence-electron chi connectivity index (χ0n) is 10.6. The fraction of sp³-hybridized carbons (Fsp3) is 0.846. The molecule has 0 bridgehead atoms. The highest BCUT2D eigenvalue weighted by Crippen LogP contribution is 2.32. The quantitative estimate of drug-likeness (QED) is 0.641. The molecule has 1 fully saturated rings. The molecule has 4 heteroatoms. The average Bonchev–Trinajstić information content (AvgIpc) is 2.22. The second-order valence-electron chi connectivity index (χ2n) is 4.95. The molecule has 0 aliphatic heterocycles. The van der Waals surface area contributed by atoms with Crippen molar-refractivity contribution in [1.29, 1.82) is 0 Å². The van der Waals surface area contributed by atoms with Crippen molar-refractivity contribution >= 4 is 11.9 Å². The largest absolute Gasteiger partial charge is 0.480 e. The summed E-state index contributed by atoms with van der Waals surface area (Å²) in [5.74, 6) is -0.994. The monoisotopic (exact) mass is 241 g/mol. The minimum Gasteiger partial charge on any atom is -0.480 e. The molecular weight excluding hydrogens is 218 g/mol. The molecule has 1 aliphatic carbocycles. The average molecular weight is 241 g/mol. The van der Waals surface area contributed by atoms with Crippen LogP contribution in [-0.2, 0) is 9.59 Å². The molecule has 2 N–H and O–H groups in total. The van der Waals surface area contributed by atoms with Crippen LogP contribution >= 0.6 is 0 Å². The number of carboxylic acids is 1. The van der Waals surface area contributed by atoms with E-state index in [1.165, 1.54) is 12.8 Å². The molecule has 1 amide bonds. The lowest BCUT2D eigenvalue weighted by Gasteiger charge is -2.38.